The van der Waals surface area contributed by atoms with E-state index in [2.05, 4.69) is 0 Å². The summed E-state index contributed by atoms with van der Waals surface area (Å²) in [6.45, 7) is 0. The lowest BCUT2D eigenvalue weighted by Gasteiger charge is -2.00. The molecule has 0 radical (unpaired) electrons. The minimum atomic E-state index is -1.18. The largest absolute Gasteiger partial charge is 0.773 e. The second kappa shape index (κ2) is 2.26. The summed E-state index contributed by atoms with van der Waals surface area (Å²) in [5, 5.41) is 15.7. The molecule has 1 N–H and O–H groups in total. The van der Waals surface area contributed by atoms with E-state index in [1.165, 1.54) is 0 Å². The first-order valence-electron chi connectivity index (χ1n) is 1.17. The fraction of sp³-hybridized carbons (Fsp3) is 0.500. The molecule has 0 aromatic carbocycles. The molecule has 4 heteroatoms. The van der Waals surface area contributed by atoms with E-state index in [0.29, 0.717) is 0 Å². The average molecular weight is 127 g/mol. The molecule has 0 aliphatic rings. The molecule has 36 valence electrons. The van der Waals surface area contributed by atoms with Gasteiger partial charge in [-0.3, -0.25) is 0 Å². The summed E-state index contributed by atoms with van der Waals surface area (Å²) in [6.07, 6.45) is 0. The van der Waals surface area contributed by atoms with Gasteiger partial charge in [0.25, 0.3) is 0 Å². The predicted octanol–water partition coefficient (Wildman–Crippen LogP) is 1.32. The van der Waals surface area contributed by atoms with E-state index < -0.39 is 10.7 Å². The standard InChI is InChI=1S/C2H2Cl2NO/c3-1(4)2(5)6/h1H,(H-,5,6)/q-1. The van der Waals surface area contributed by atoms with E-state index in [1.807, 2.05) is 0 Å². The molecule has 0 fully saturated rings. The fourth-order valence-electron chi connectivity index (χ4n) is 0. The maximum Gasteiger partial charge on any atom is 0.142 e. The summed E-state index contributed by atoms with van der Waals surface area (Å²) in [7, 11) is 0. The van der Waals surface area contributed by atoms with Crippen molar-refractivity contribution in [3.63, 3.8) is 0 Å². The first-order valence-corrected chi connectivity index (χ1v) is 2.05. The second-order valence-corrected chi connectivity index (χ2v) is 1.76. The highest BCUT2D eigenvalue weighted by Crippen LogP contribution is 1.99. The lowest BCUT2D eigenvalue weighted by Crippen LogP contribution is -2.01. The van der Waals surface area contributed by atoms with Gasteiger partial charge in [0.05, 0.1) is 0 Å². The normalized spacial score (nSPS) is 9.17. The van der Waals surface area contributed by atoms with Crippen molar-refractivity contribution in [2.75, 3.05) is 0 Å². The van der Waals surface area contributed by atoms with E-state index in [1.54, 1.807) is 0 Å². The molecular formula is C2H2Cl2NO-. The molecule has 0 aromatic heterocycles. The molecule has 0 unspecified atom stereocenters. The van der Waals surface area contributed by atoms with Crippen molar-refractivity contribution in [3.8, 4) is 0 Å². The zero-order valence-corrected chi connectivity index (χ0v) is 4.24. The topological polar surface area (TPSA) is 42.5 Å². The first kappa shape index (κ1) is 6.05. The third-order valence-electron chi connectivity index (χ3n) is 0.195. The van der Waals surface area contributed by atoms with E-state index in [9.17, 15) is 0 Å². The molecule has 0 aliphatic heterocycles. The molecule has 0 rings (SSSR count). The van der Waals surface area contributed by atoms with Gasteiger partial charge in [0, 0.05) is 5.90 Å². The van der Waals surface area contributed by atoms with Crippen LogP contribution in [0.1, 0.15) is 0 Å². The number of halogens is 2. The average Bonchev–Trinajstić information content (AvgIpc) is 1.36. The van der Waals surface area contributed by atoms with E-state index in [-0.39, 0.29) is 0 Å². The second-order valence-electron chi connectivity index (χ2n) is 0.659. The quantitative estimate of drug-likeness (QED) is 0.322. The minimum Gasteiger partial charge on any atom is -0.773 e. The van der Waals surface area contributed by atoms with Gasteiger partial charge >= 0.3 is 0 Å². The van der Waals surface area contributed by atoms with E-state index >= 15 is 0 Å². The highest BCUT2D eigenvalue weighted by Gasteiger charge is 1.91. The molecule has 0 heterocycles. The molecule has 0 aromatic rings. The molecule has 0 saturated carbocycles. The number of hydrogen-bond acceptors (Lipinski definition) is 0. The van der Waals surface area contributed by atoms with Crippen LogP contribution < -0.4 is 0 Å². The van der Waals surface area contributed by atoms with Gasteiger partial charge in [-0.25, -0.2) is 0 Å². The lowest BCUT2D eigenvalue weighted by molar-refractivity contribution is 0.555. The van der Waals surface area contributed by atoms with Gasteiger partial charge in [0.1, 0.15) is 4.84 Å². The monoisotopic (exact) mass is 126 g/mol. The van der Waals surface area contributed by atoms with Gasteiger partial charge in [-0.15, -0.1) is 0 Å². The Labute approximate surface area is 45.2 Å². The van der Waals surface area contributed by atoms with Crippen molar-refractivity contribution >= 4 is 29.1 Å². The van der Waals surface area contributed by atoms with E-state index in [4.69, 9.17) is 33.7 Å². The van der Waals surface area contributed by atoms with Crippen molar-refractivity contribution in [2.24, 2.45) is 0 Å². The summed E-state index contributed by atoms with van der Waals surface area (Å²) >= 11 is 9.68. The van der Waals surface area contributed by atoms with Crippen LogP contribution >= 0.6 is 23.2 Å². The summed E-state index contributed by atoms with van der Waals surface area (Å²) < 4.78 is 0. The Morgan fingerprint density at radius 3 is 1.83 bits per heavy atom. The number of aliphatic hydroxyl groups is 1. The van der Waals surface area contributed by atoms with Crippen molar-refractivity contribution in [1.82, 2.24) is 0 Å². The van der Waals surface area contributed by atoms with Crippen molar-refractivity contribution in [1.29, 1.82) is 0 Å². The van der Waals surface area contributed by atoms with Gasteiger partial charge in [-0.1, -0.05) is 23.2 Å². The Hall–Kier alpha value is 0.0500. The molecule has 0 spiro atoms. The molecule has 0 bridgehead atoms. The van der Waals surface area contributed by atoms with Crippen LogP contribution in [0.3, 0.4) is 0 Å². The molecular weight excluding hydrogens is 125 g/mol. The van der Waals surface area contributed by atoms with Crippen LogP contribution in [0.15, 0.2) is 0 Å². The summed E-state index contributed by atoms with van der Waals surface area (Å²) in [5.41, 5.74) is 0. The Balaban J connectivity index is 3.26. The Kier molecular flexibility index (Phi) is 2.28. The Morgan fingerprint density at radius 2 is 1.83 bits per heavy atom. The summed E-state index contributed by atoms with van der Waals surface area (Å²) in [5.74, 6) is -0.960. The van der Waals surface area contributed by atoms with E-state index in [0.717, 1.165) is 0 Å². The number of nitrogens with zero attached hydrogens (tertiary/aromatic N) is 1. The zero-order chi connectivity index (χ0) is 5.15. The highest BCUT2D eigenvalue weighted by atomic mass is 35.5. The lowest BCUT2D eigenvalue weighted by atomic mass is 10.8. The third kappa shape index (κ3) is 2.30. The SMILES string of the molecule is [N-]=C(O)C(Cl)Cl. The molecule has 2 nitrogen and oxygen atoms in total. The van der Waals surface area contributed by atoms with Gasteiger partial charge in [-0.05, 0) is 0 Å². The van der Waals surface area contributed by atoms with Crippen LogP contribution in [0.25, 0.3) is 5.41 Å². The maximum atomic E-state index is 7.84. The summed E-state index contributed by atoms with van der Waals surface area (Å²) in [4.78, 5) is -1.18. The number of rotatable bonds is 1. The van der Waals surface area contributed by atoms with Crippen LogP contribution in [0.2, 0.25) is 0 Å². The third-order valence-corrected chi connectivity index (χ3v) is 0.586. The van der Waals surface area contributed by atoms with Crippen molar-refractivity contribution in [2.45, 2.75) is 4.84 Å². The van der Waals surface area contributed by atoms with Crippen molar-refractivity contribution in [3.05, 3.63) is 5.41 Å². The smallest absolute Gasteiger partial charge is 0.142 e. The Bertz CT molecular complexity index is 62.6. The van der Waals surface area contributed by atoms with Crippen LogP contribution in [0.4, 0.5) is 0 Å². The molecule has 0 amide bonds. The molecule has 0 saturated heterocycles. The van der Waals surface area contributed by atoms with Crippen LogP contribution in [-0.4, -0.2) is 15.8 Å². The predicted molar refractivity (Wildman–Crippen MR) is 26.5 cm³/mol. The van der Waals surface area contributed by atoms with Crippen molar-refractivity contribution < 1.29 is 5.11 Å². The molecule has 0 atom stereocenters. The summed E-state index contributed by atoms with van der Waals surface area (Å²) in [6, 6.07) is 0. The minimum absolute atomic E-state index is 0.960. The molecule has 0 aliphatic carbocycles. The maximum absolute atomic E-state index is 7.84. The van der Waals surface area contributed by atoms with Crippen LogP contribution in [0, 0.1) is 0 Å². The fourth-order valence-corrected chi connectivity index (χ4v) is 0. The zero-order valence-electron chi connectivity index (χ0n) is 2.73. The van der Waals surface area contributed by atoms with Gasteiger partial charge in [0.15, 0.2) is 0 Å². The van der Waals surface area contributed by atoms with Crippen LogP contribution in [-0.2, 0) is 0 Å². The number of alkyl halides is 2. The highest BCUT2D eigenvalue weighted by molar-refractivity contribution is 6.53. The van der Waals surface area contributed by atoms with Gasteiger partial charge in [-0.2, -0.15) is 0 Å². The number of hydrogen-bond donors (Lipinski definition) is 1. The number of aliphatic hydroxyl groups excluding tert-OH is 1. The van der Waals surface area contributed by atoms with Gasteiger partial charge < -0.3 is 10.5 Å². The Morgan fingerprint density at radius 1 is 1.67 bits per heavy atom. The first-order chi connectivity index (χ1) is 2.64. The van der Waals surface area contributed by atoms with Gasteiger partial charge in [0.2, 0.25) is 0 Å². The van der Waals surface area contributed by atoms with Crippen LogP contribution in [0.5, 0.6) is 0 Å². The molecule has 6 heavy (non-hydrogen) atoms.